The van der Waals surface area contributed by atoms with E-state index in [1.165, 1.54) is 0 Å². The molecule has 0 saturated heterocycles. The number of rotatable bonds is 5. The van der Waals surface area contributed by atoms with Gasteiger partial charge in [-0.3, -0.25) is 4.72 Å². The Bertz CT molecular complexity index is 518. The number of nitriles is 1. The smallest absolute Gasteiger partial charge is 0.235 e. The summed E-state index contributed by atoms with van der Waals surface area (Å²) in [5.41, 5.74) is 0.344. The summed E-state index contributed by atoms with van der Waals surface area (Å²) in [6, 6.07) is 8.43. The van der Waals surface area contributed by atoms with Gasteiger partial charge in [0, 0.05) is 0 Å². The summed E-state index contributed by atoms with van der Waals surface area (Å²) in [5.74, 6) is 0.346. The second-order valence-electron chi connectivity index (χ2n) is 3.64. The molecule has 0 saturated carbocycles. The summed E-state index contributed by atoms with van der Waals surface area (Å²) in [5, 5.41) is 7.89. The van der Waals surface area contributed by atoms with E-state index in [9.17, 15) is 8.42 Å². The van der Waals surface area contributed by atoms with Crippen LogP contribution < -0.4 is 9.46 Å². The second-order valence-corrected chi connectivity index (χ2v) is 5.88. The molecule has 0 atom stereocenters. The molecule has 6 heteroatoms. The van der Waals surface area contributed by atoms with E-state index in [0.717, 1.165) is 0 Å². The monoisotopic (exact) mass is 254 g/mol. The zero-order chi connectivity index (χ0) is 12.9. The van der Waals surface area contributed by atoms with Crippen LogP contribution in [0, 0.1) is 11.3 Å². The Morgan fingerprint density at radius 1 is 1.41 bits per heavy atom. The fourth-order valence-electron chi connectivity index (χ4n) is 1.06. The van der Waals surface area contributed by atoms with E-state index in [1.54, 1.807) is 38.1 Å². The number of nitrogens with one attached hydrogen (secondary N) is 1. The fourth-order valence-corrected chi connectivity index (χ4v) is 1.77. The first kappa shape index (κ1) is 13.3. The highest BCUT2D eigenvalue weighted by molar-refractivity contribution is 7.93. The first-order valence-corrected chi connectivity index (χ1v) is 6.62. The van der Waals surface area contributed by atoms with Crippen molar-refractivity contribution in [3.63, 3.8) is 0 Å². The summed E-state index contributed by atoms with van der Waals surface area (Å²) in [6.45, 7) is 3.04. The predicted octanol–water partition coefficient (Wildman–Crippen LogP) is 1.74. The van der Waals surface area contributed by atoms with Crippen molar-refractivity contribution in [1.82, 2.24) is 0 Å². The number of hydrogen-bond acceptors (Lipinski definition) is 4. The number of nitrogens with zero attached hydrogens (tertiary/aromatic N) is 1. The minimum atomic E-state index is -3.41. The van der Waals surface area contributed by atoms with Gasteiger partial charge < -0.3 is 4.74 Å². The average Bonchev–Trinajstić information content (AvgIpc) is 2.27. The molecule has 0 heterocycles. The van der Waals surface area contributed by atoms with Gasteiger partial charge >= 0.3 is 0 Å². The molecular weight excluding hydrogens is 240 g/mol. The van der Waals surface area contributed by atoms with Crippen LogP contribution in [-0.4, -0.2) is 20.3 Å². The highest BCUT2D eigenvalue weighted by Crippen LogP contribution is 2.25. The fraction of sp³-hybridized carbons (Fsp3) is 0.364. The summed E-state index contributed by atoms with van der Waals surface area (Å²) in [7, 11) is -3.41. The summed E-state index contributed by atoms with van der Waals surface area (Å²) in [4.78, 5) is 0. The van der Waals surface area contributed by atoms with Crippen molar-refractivity contribution >= 4 is 15.7 Å². The quantitative estimate of drug-likeness (QED) is 0.868. The third-order valence-electron chi connectivity index (χ3n) is 2.05. The van der Waals surface area contributed by atoms with Gasteiger partial charge in [0.05, 0.1) is 10.9 Å². The van der Waals surface area contributed by atoms with E-state index >= 15 is 0 Å². The van der Waals surface area contributed by atoms with Crippen LogP contribution >= 0.6 is 0 Å². The number of sulfonamides is 1. The molecule has 0 bridgehead atoms. The zero-order valence-corrected chi connectivity index (χ0v) is 10.5. The molecule has 92 valence electrons. The lowest BCUT2D eigenvalue weighted by molar-refractivity contribution is 0.370. The highest BCUT2D eigenvalue weighted by atomic mass is 32.2. The largest absolute Gasteiger partial charge is 0.477 e. The van der Waals surface area contributed by atoms with Gasteiger partial charge in [0.2, 0.25) is 10.0 Å². The van der Waals surface area contributed by atoms with Gasteiger partial charge in [-0.2, -0.15) is 5.26 Å². The van der Waals surface area contributed by atoms with Gasteiger partial charge in [-0.15, -0.1) is 0 Å². The number of hydrogen-bond donors (Lipinski definition) is 1. The van der Waals surface area contributed by atoms with Gasteiger partial charge in [-0.25, -0.2) is 8.42 Å². The van der Waals surface area contributed by atoms with Crippen LogP contribution in [0.5, 0.6) is 5.75 Å². The first-order chi connectivity index (χ1) is 7.97. The molecule has 0 unspecified atom stereocenters. The summed E-state index contributed by atoms with van der Waals surface area (Å²) in [6.07, 6.45) is 0. The maximum Gasteiger partial charge on any atom is 0.235 e. The number of anilines is 1. The Labute approximate surface area is 101 Å². The number of ether oxygens (including phenoxy) is 1. The molecular formula is C11H14N2O3S. The highest BCUT2D eigenvalue weighted by Gasteiger charge is 2.17. The van der Waals surface area contributed by atoms with E-state index in [0.29, 0.717) is 11.4 Å². The zero-order valence-electron chi connectivity index (χ0n) is 9.67. The molecule has 17 heavy (non-hydrogen) atoms. The lowest BCUT2D eigenvalue weighted by Gasteiger charge is -2.13. The van der Waals surface area contributed by atoms with Gasteiger partial charge in [-0.05, 0) is 26.0 Å². The Kier molecular flexibility index (Phi) is 4.35. The second kappa shape index (κ2) is 5.55. The Balaban J connectivity index is 2.95. The standard InChI is InChI=1S/C11H14N2O3S/c1-9(2)17(14,15)13-10-5-3-4-6-11(10)16-8-7-12/h3-6,9,13H,8H2,1-2H3. The van der Waals surface area contributed by atoms with Crippen molar-refractivity contribution in [2.75, 3.05) is 11.3 Å². The number of para-hydroxylation sites is 2. The molecule has 0 fully saturated rings. The molecule has 1 rings (SSSR count). The van der Waals surface area contributed by atoms with Crippen molar-refractivity contribution in [2.24, 2.45) is 0 Å². The normalized spacial score (nSPS) is 10.9. The minimum absolute atomic E-state index is 0.125. The van der Waals surface area contributed by atoms with Crippen molar-refractivity contribution in [3.8, 4) is 11.8 Å². The molecule has 0 radical (unpaired) electrons. The minimum Gasteiger partial charge on any atom is -0.477 e. The van der Waals surface area contributed by atoms with Crippen LogP contribution in [0.15, 0.2) is 24.3 Å². The van der Waals surface area contributed by atoms with Gasteiger partial charge in [0.25, 0.3) is 0 Å². The van der Waals surface area contributed by atoms with E-state index < -0.39 is 15.3 Å². The van der Waals surface area contributed by atoms with Gasteiger partial charge in [0.15, 0.2) is 6.61 Å². The SMILES string of the molecule is CC(C)S(=O)(=O)Nc1ccccc1OCC#N. The molecule has 0 amide bonds. The van der Waals surface area contributed by atoms with Crippen LogP contribution in [0.2, 0.25) is 0 Å². The molecule has 5 nitrogen and oxygen atoms in total. The maximum absolute atomic E-state index is 11.7. The van der Waals surface area contributed by atoms with Crippen molar-refractivity contribution < 1.29 is 13.2 Å². The molecule has 1 N–H and O–H groups in total. The van der Waals surface area contributed by atoms with Crippen LogP contribution in [0.3, 0.4) is 0 Å². The van der Waals surface area contributed by atoms with Gasteiger partial charge in [-0.1, -0.05) is 12.1 Å². The van der Waals surface area contributed by atoms with E-state index in [1.807, 2.05) is 6.07 Å². The van der Waals surface area contributed by atoms with Crippen LogP contribution in [0.4, 0.5) is 5.69 Å². The third kappa shape index (κ3) is 3.64. The molecule has 0 aliphatic rings. The van der Waals surface area contributed by atoms with Crippen LogP contribution in [0.25, 0.3) is 0 Å². The lowest BCUT2D eigenvalue weighted by Crippen LogP contribution is -2.22. The summed E-state index contributed by atoms with van der Waals surface area (Å²) < 4.78 is 30.9. The maximum atomic E-state index is 11.7. The number of benzene rings is 1. The molecule has 0 aromatic heterocycles. The van der Waals surface area contributed by atoms with Crippen LogP contribution in [0.1, 0.15) is 13.8 Å². The molecule has 0 spiro atoms. The van der Waals surface area contributed by atoms with Crippen molar-refractivity contribution in [3.05, 3.63) is 24.3 Å². The lowest BCUT2D eigenvalue weighted by atomic mass is 10.3. The molecule has 1 aromatic rings. The Morgan fingerprint density at radius 2 is 2.06 bits per heavy atom. The van der Waals surface area contributed by atoms with Crippen molar-refractivity contribution in [2.45, 2.75) is 19.1 Å². The predicted molar refractivity (Wildman–Crippen MR) is 65.2 cm³/mol. The molecule has 0 aliphatic heterocycles. The van der Waals surface area contributed by atoms with Crippen LogP contribution in [-0.2, 0) is 10.0 Å². The average molecular weight is 254 g/mol. The van der Waals surface area contributed by atoms with E-state index in [4.69, 9.17) is 10.00 Å². The summed E-state index contributed by atoms with van der Waals surface area (Å²) >= 11 is 0. The molecule has 0 aliphatic carbocycles. The van der Waals surface area contributed by atoms with Crippen molar-refractivity contribution in [1.29, 1.82) is 5.26 Å². The first-order valence-electron chi connectivity index (χ1n) is 5.08. The van der Waals surface area contributed by atoms with E-state index in [-0.39, 0.29) is 6.61 Å². The molecule has 1 aromatic carbocycles. The van der Waals surface area contributed by atoms with Gasteiger partial charge in [0.1, 0.15) is 11.8 Å². The topological polar surface area (TPSA) is 79.2 Å². The Hall–Kier alpha value is -1.74. The Morgan fingerprint density at radius 3 is 2.65 bits per heavy atom. The third-order valence-corrected chi connectivity index (χ3v) is 3.80. The van der Waals surface area contributed by atoms with E-state index in [2.05, 4.69) is 4.72 Å².